The molecule has 0 aliphatic heterocycles. The second-order valence-electron chi connectivity index (χ2n) is 3.26. The van der Waals surface area contributed by atoms with E-state index < -0.39 is 0 Å². The minimum atomic E-state index is -0.305. The van der Waals surface area contributed by atoms with Gasteiger partial charge in [-0.3, -0.25) is 0 Å². The summed E-state index contributed by atoms with van der Waals surface area (Å²) in [6.45, 7) is 0. The fourth-order valence-electron chi connectivity index (χ4n) is 1.48. The van der Waals surface area contributed by atoms with Crippen LogP contribution in [0, 0.1) is 5.82 Å². The van der Waals surface area contributed by atoms with Gasteiger partial charge in [0.25, 0.3) is 0 Å². The number of anilines is 1. The van der Waals surface area contributed by atoms with E-state index in [1.807, 2.05) is 14.1 Å². The minimum absolute atomic E-state index is 0.305. The van der Waals surface area contributed by atoms with Gasteiger partial charge in [-0.25, -0.2) is 14.1 Å². The summed E-state index contributed by atoms with van der Waals surface area (Å²) >= 11 is 0. The van der Waals surface area contributed by atoms with Crippen LogP contribution >= 0.6 is 0 Å². The van der Waals surface area contributed by atoms with Crippen LogP contribution in [0.1, 0.15) is 0 Å². The third-order valence-electron chi connectivity index (χ3n) is 2.02. The topological polar surface area (TPSA) is 47.1 Å². The maximum Gasteiger partial charge on any atom is 0.220 e. The van der Waals surface area contributed by atoms with E-state index in [0.717, 1.165) is 5.52 Å². The van der Waals surface area contributed by atoms with Gasteiger partial charge in [0.15, 0.2) is 0 Å². The number of nitrogen functional groups attached to an aromatic ring is 1. The molecule has 2 N–H and O–H groups in total. The predicted molar refractivity (Wildman–Crippen MR) is 54.2 cm³/mol. The van der Waals surface area contributed by atoms with Crippen molar-refractivity contribution in [3.8, 4) is 0 Å². The molecule has 14 heavy (non-hydrogen) atoms. The van der Waals surface area contributed by atoms with Crippen molar-refractivity contribution in [3.05, 3.63) is 24.0 Å². The molecule has 0 radical (unpaired) electrons. The molecule has 4 nitrogen and oxygen atoms in total. The van der Waals surface area contributed by atoms with Crippen LogP contribution in [0.2, 0.25) is 0 Å². The predicted octanol–water partition coefficient (Wildman–Crippen LogP) is 0.955. The molecule has 2 aromatic rings. The van der Waals surface area contributed by atoms with E-state index in [4.69, 9.17) is 5.73 Å². The van der Waals surface area contributed by atoms with Crippen LogP contribution in [-0.4, -0.2) is 23.8 Å². The van der Waals surface area contributed by atoms with Gasteiger partial charge in [0.05, 0.1) is 11.0 Å². The Morgan fingerprint density at radius 3 is 2.79 bits per heavy atom. The zero-order valence-corrected chi connectivity index (χ0v) is 8.03. The Morgan fingerprint density at radius 2 is 2.14 bits per heavy atom. The largest absolute Gasteiger partial charge is 0.368 e. The van der Waals surface area contributed by atoms with Crippen molar-refractivity contribution in [2.24, 2.45) is 0 Å². The fourth-order valence-corrected chi connectivity index (χ4v) is 1.48. The van der Waals surface area contributed by atoms with Crippen molar-refractivity contribution in [1.82, 2.24) is 9.66 Å². The Morgan fingerprint density at radius 1 is 1.43 bits per heavy atom. The number of aromatic nitrogens is 2. The third kappa shape index (κ3) is 1.17. The van der Waals surface area contributed by atoms with Gasteiger partial charge in [0.1, 0.15) is 5.82 Å². The van der Waals surface area contributed by atoms with Gasteiger partial charge in [-0.05, 0) is 12.1 Å². The lowest BCUT2D eigenvalue weighted by Gasteiger charge is -2.15. The number of hydrogen-bond acceptors (Lipinski definition) is 3. The highest BCUT2D eigenvalue weighted by Crippen LogP contribution is 2.18. The summed E-state index contributed by atoms with van der Waals surface area (Å²) in [7, 11) is 3.70. The van der Waals surface area contributed by atoms with E-state index in [9.17, 15) is 4.39 Å². The highest BCUT2D eigenvalue weighted by atomic mass is 19.1. The summed E-state index contributed by atoms with van der Waals surface area (Å²) in [5.74, 6) is 0.0523. The van der Waals surface area contributed by atoms with Gasteiger partial charge in [0.2, 0.25) is 5.95 Å². The van der Waals surface area contributed by atoms with Gasteiger partial charge < -0.3 is 10.7 Å². The normalized spacial score (nSPS) is 10.8. The Balaban J connectivity index is 2.77. The molecule has 0 saturated carbocycles. The first kappa shape index (κ1) is 8.80. The lowest BCUT2D eigenvalue weighted by atomic mass is 10.3. The Bertz CT molecular complexity index is 475. The molecule has 1 aromatic heterocycles. The van der Waals surface area contributed by atoms with Crippen LogP contribution in [0.15, 0.2) is 18.2 Å². The van der Waals surface area contributed by atoms with Crippen LogP contribution < -0.4 is 10.7 Å². The SMILES string of the molecule is CN(C)n1c(N)nc2cc(F)ccc21. The lowest BCUT2D eigenvalue weighted by Crippen LogP contribution is -2.26. The lowest BCUT2D eigenvalue weighted by molar-refractivity contribution is 0.629. The number of nitrogens with two attached hydrogens (primary N) is 1. The summed E-state index contributed by atoms with van der Waals surface area (Å²) in [6.07, 6.45) is 0. The number of benzene rings is 1. The highest BCUT2D eigenvalue weighted by molar-refractivity contribution is 5.78. The Hall–Kier alpha value is -1.78. The van der Waals surface area contributed by atoms with Gasteiger partial charge >= 0.3 is 0 Å². The molecule has 0 bridgehead atoms. The van der Waals surface area contributed by atoms with Crippen LogP contribution in [0.5, 0.6) is 0 Å². The Kier molecular flexibility index (Phi) is 1.80. The summed E-state index contributed by atoms with van der Waals surface area (Å²) < 4.78 is 14.6. The maximum absolute atomic E-state index is 12.9. The monoisotopic (exact) mass is 194 g/mol. The zero-order valence-electron chi connectivity index (χ0n) is 8.03. The summed E-state index contributed by atoms with van der Waals surface area (Å²) in [6, 6.07) is 4.42. The molecule has 0 saturated heterocycles. The molecule has 2 rings (SSSR count). The second-order valence-corrected chi connectivity index (χ2v) is 3.26. The van der Waals surface area contributed by atoms with Crippen LogP contribution in [0.25, 0.3) is 11.0 Å². The van der Waals surface area contributed by atoms with Crippen LogP contribution in [0.4, 0.5) is 10.3 Å². The number of rotatable bonds is 1. The Labute approximate surface area is 80.7 Å². The average molecular weight is 194 g/mol. The van der Waals surface area contributed by atoms with E-state index in [1.165, 1.54) is 12.1 Å². The second kappa shape index (κ2) is 2.87. The first-order valence-corrected chi connectivity index (χ1v) is 4.20. The van der Waals surface area contributed by atoms with Crippen LogP contribution in [-0.2, 0) is 0 Å². The van der Waals surface area contributed by atoms with E-state index in [0.29, 0.717) is 11.5 Å². The maximum atomic E-state index is 12.9. The molecule has 0 aliphatic carbocycles. The van der Waals surface area contributed by atoms with Crippen molar-refractivity contribution in [3.63, 3.8) is 0 Å². The van der Waals surface area contributed by atoms with E-state index >= 15 is 0 Å². The van der Waals surface area contributed by atoms with Crippen molar-refractivity contribution in [2.45, 2.75) is 0 Å². The smallest absolute Gasteiger partial charge is 0.220 e. The summed E-state index contributed by atoms with van der Waals surface area (Å²) in [5, 5.41) is 1.79. The first-order chi connectivity index (χ1) is 6.59. The van der Waals surface area contributed by atoms with Crippen molar-refractivity contribution < 1.29 is 4.39 Å². The molecule has 5 heteroatoms. The molecule has 0 atom stereocenters. The molecule has 74 valence electrons. The average Bonchev–Trinajstić information content (AvgIpc) is 2.39. The highest BCUT2D eigenvalue weighted by Gasteiger charge is 2.09. The molecule has 1 aromatic carbocycles. The number of fused-ring (bicyclic) bond motifs is 1. The molecule has 0 amide bonds. The van der Waals surface area contributed by atoms with Crippen LogP contribution in [0.3, 0.4) is 0 Å². The van der Waals surface area contributed by atoms with Gasteiger partial charge in [0, 0.05) is 20.2 Å². The van der Waals surface area contributed by atoms with Gasteiger partial charge in [-0.15, -0.1) is 0 Å². The van der Waals surface area contributed by atoms with Crippen molar-refractivity contribution in [2.75, 3.05) is 24.8 Å². The van der Waals surface area contributed by atoms with Gasteiger partial charge in [-0.2, -0.15) is 0 Å². The number of nitrogens with zero attached hydrogens (tertiary/aromatic N) is 3. The van der Waals surface area contributed by atoms with E-state index in [1.54, 1.807) is 15.8 Å². The molecular weight excluding hydrogens is 183 g/mol. The van der Waals surface area contributed by atoms with Gasteiger partial charge in [-0.1, -0.05) is 0 Å². The summed E-state index contributed by atoms with van der Waals surface area (Å²) in [4.78, 5) is 4.05. The molecular formula is C9H11FN4. The van der Waals surface area contributed by atoms with Crippen molar-refractivity contribution in [1.29, 1.82) is 0 Å². The summed E-state index contributed by atoms with van der Waals surface area (Å²) in [5.41, 5.74) is 7.06. The van der Waals surface area contributed by atoms with Crippen molar-refractivity contribution >= 4 is 17.0 Å². The zero-order chi connectivity index (χ0) is 10.3. The standard InChI is InChI=1S/C9H11FN4/c1-13(2)14-8-4-3-6(10)5-7(8)12-9(14)11/h3-5H,1-2H3,(H2,11,12). The van der Waals surface area contributed by atoms with E-state index in [2.05, 4.69) is 4.98 Å². The molecule has 0 fully saturated rings. The molecule has 0 spiro atoms. The first-order valence-electron chi connectivity index (χ1n) is 4.20. The number of hydrogen-bond donors (Lipinski definition) is 1. The number of halogens is 1. The van der Waals surface area contributed by atoms with E-state index in [-0.39, 0.29) is 5.82 Å². The quantitative estimate of drug-likeness (QED) is 0.735. The third-order valence-corrected chi connectivity index (χ3v) is 2.02. The minimum Gasteiger partial charge on any atom is -0.368 e. The molecule has 0 unspecified atom stereocenters. The molecule has 1 heterocycles. The molecule has 0 aliphatic rings. The fraction of sp³-hybridized carbons (Fsp3) is 0.222. The number of imidazole rings is 1.